The number of nitrogens with zero attached hydrogens (tertiary/aromatic N) is 1. The summed E-state index contributed by atoms with van der Waals surface area (Å²) in [4.78, 5) is 12.5. The number of hydrogen-bond donors (Lipinski definition) is 1. The molecular formula is C33H30N2O5S. The number of alkyl carbamates (subject to hydrolysis) is 1. The molecule has 0 bridgehead atoms. The van der Waals surface area contributed by atoms with Crippen LogP contribution < -0.4 is 5.32 Å². The first-order valence-electron chi connectivity index (χ1n) is 13.4. The molecule has 2 heterocycles. The summed E-state index contributed by atoms with van der Waals surface area (Å²) >= 11 is 0. The minimum Gasteiger partial charge on any atom is -0.455 e. The van der Waals surface area contributed by atoms with Crippen LogP contribution in [0.25, 0.3) is 44.0 Å². The molecule has 0 aliphatic heterocycles. The second-order valence-electron chi connectivity index (χ2n) is 11.0. The van der Waals surface area contributed by atoms with Crippen molar-refractivity contribution in [2.75, 3.05) is 6.54 Å². The van der Waals surface area contributed by atoms with Gasteiger partial charge >= 0.3 is 6.09 Å². The van der Waals surface area contributed by atoms with Gasteiger partial charge in [-0.1, -0.05) is 60.7 Å². The van der Waals surface area contributed by atoms with E-state index in [-0.39, 0.29) is 11.4 Å². The number of furan rings is 1. The first kappa shape index (κ1) is 26.7. The Morgan fingerprint density at radius 2 is 1.61 bits per heavy atom. The van der Waals surface area contributed by atoms with Gasteiger partial charge in [-0.15, -0.1) is 0 Å². The summed E-state index contributed by atoms with van der Waals surface area (Å²) in [7, 11) is -3.85. The van der Waals surface area contributed by atoms with Gasteiger partial charge in [0.15, 0.2) is 0 Å². The van der Waals surface area contributed by atoms with Crippen LogP contribution in [0.4, 0.5) is 4.79 Å². The maximum Gasteiger partial charge on any atom is 0.407 e. The van der Waals surface area contributed by atoms with Crippen LogP contribution in [0.15, 0.2) is 107 Å². The number of carbonyl (C=O) groups is 1. The molecule has 0 atom stereocenters. The standard InChI is InChI=1S/C33H30N2O5S/c1-33(2,3)40-32(36)34-19-18-23-21-35(41(37,38)24-10-5-4-6-11-24)29-17-16-22(20-28(23)29)25-13-9-14-27-26-12-7-8-15-30(26)39-31(25)27/h4-17,20-21H,18-19H2,1-3H3,(H,34,36). The van der Waals surface area contributed by atoms with Crippen molar-refractivity contribution < 1.29 is 22.4 Å². The topological polar surface area (TPSA) is 90.5 Å². The van der Waals surface area contributed by atoms with Gasteiger partial charge in [0.05, 0.1) is 10.4 Å². The molecule has 0 saturated carbocycles. The molecule has 208 valence electrons. The monoisotopic (exact) mass is 566 g/mol. The van der Waals surface area contributed by atoms with Gasteiger partial charge in [-0.25, -0.2) is 17.2 Å². The van der Waals surface area contributed by atoms with Gasteiger partial charge in [-0.3, -0.25) is 0 Å². The van der Waals surface area contributed by atoms with E-state index in [1.54, 1.807) is 57.3 Å². The minimum absolute atomic E-state index is 0.200. The Balaban J connectivity index is 1.45. The van der Waals surface area contributed by atoms with Gasteiger partial charge < -0.3 is 14.5 Å². The van der Waals surface area contributed by atoms with Crippen LogP contribution in [-0.4, -0.2) is 30.6 Å². The third kappa shape index (κ3) is 5.07. The lowest BCUT2D eigenvalue weighted by Gasteiger charge is -2.19. The van der Waals surface area contributed by atoms with Crippen molar-refractivity contribution in [1.82, 2.24) is 9.29 Å². The number of aromatic nitrogens is 1. The average Bonchev–Trinajstić information content (AvgIpc) is 3.51. The SMILES string of the molecule is CC(C)(C)OC(=O)NCCc1cn(S(=O)(=O)c2ccccc2)c2ccc(-c3cccc4c3oc3ccccc34)cc12. The van der Waals surface area contributed by atoms with E-state index < -0.39 is 21.7 Å². The Labute approximate surface area is 238 Å². The Kier molecular flexibility index (Phi) is 6.58. The van der Waals surface area contributed by atoms with E-state index in [4.69, 9.17) is 9.15 Å². The van der Waals surface area contributed by atoms with Gasteiger partial charge in [-0.2, -0.15) is 0 Å². The molecule has 1 amide bonds. The van der Waals surface area contributed by atoms with E-state index in [0.717, 1.165) is 44.0 Å². The number of para-hydroxylation sites is 2. The molecule has 0 fully saturated rings. The molecule has 4 aromatic carbocycles. The van der Waals surface area contributed by atoms with Crippen LogP contribution in [0, 0.1) is 0 Å². The van der Waals surface area contributed by atoms with Crippen molar-refractivity contribution in [1.29, 1.82) is 0 Å². The fourth-order valence-corrected chi connectivity index (χ4v) is 6.54. The van der Waals surface area contributed by atoms with E-state index in [2.05, 4.69) is 5.32 Å². The van der Waals surface area contributed by atoms with Crippen LogP contribution in [0.3, 0.4) is 0 Å². The summed E-state index contributed by atoms with van der Waals surface area (Å²) in [6, 6.07) is 28.1. The van der Waals surface area contributed by atoms with Crippen molar-refractivity contribution >= 4 is 49.0 Å². The number of benzene rings is 4. The average molecular weight is 567 g/mol. The van der Waals surface area contributed by atoms with Gasteiger partial charge in [-0.05, 0) is 68.7 Å². The molecule has 0 aliphatic rings. The Bertz CT molecular complexity index is 2020. The number of nitrogens with one attached hydrogen (secondary N) is 1. The zero-order valence-corrected chi connectivity index (χ0v) is 23.9. The van der Waals surface area contributed by atoms with Crippen molar-refractivity contribution in [3.05, 3.63) is 103 Å². The molecule has 8 heteroatoms. The first-order chi connectivity index (χ1) is 19.6. The van der Waals surface area contributed by atoms with Crippen molar-refractivity contribution in [3.8, 4) is 11.1 Å². The lowest BCUT2D eigenvalue weighted by atomic mass is 9.99. The summed E-state index contributed by atoms with van der Waals surface area (Å²) in [6.45, 7) is 5.69. The molecule has 6 aromatic rings. The van der Waals surface area contributed by atoms with E-state index in [1.165, 1.54) is 3.97 Å². The van der Waals surface area contributed by atoms with Gasteiger partial charge in [0.25, 0.3) is 10.0 Å². The Morgan fingerprint density at radius 1 is 0.878 bits per heavy atom. The maximum atomic E-state index is 13.7. The highest BCUT2D eigenvalue weighted by atomic mass is 32.2. The van der Waals surface area contributed by atoms with E-state index in [9.17, 15) is 13.2 Å². The van der Waals surface area contributed by atoms with E-state index >= 15 is 0 Å². The van der Waals surface area contributed by atoms with Crippen LogP contribution in [0.5, 0.6) is 0 Å². The number of carbonyl (C=O) groups excluding carboxylic acids is 1. The summed E-state index contributed by atoms with van der Waals surface area (Å²) in [6.07, 6.45) is 1.54. The highest BCUT2D eigenvalue weighted by molar-refractivity contribution is 7.90. The van der Waals surface area contributed by atoms with Crippen LogP contribution >= 0.6 is 0 Å². The van der Waals surface area contributed by atoms with E-state index in [0.29, 0.717) is 11.9 Å². The fourth-order valence-electron chi connectivity index (χ4n) is 5.13. The lowest BCUT2D eigenvalue weighted by Crippen LogP contribution is -2.33. The molecular weight excluding hydrogens is 536 g/mol. The van der Waals surface area contributed by atoms with Crippen molar-refractivity contribution in [2.24, 2.45) is 0 Å². The van der Waals surface area contributed by atoms with Gasteiger partial charge in [0.2, 0.25) is 0 Å². The largest absolute Gasteiger partial charge is 0.455 e. The number of ether oxygens (including phenoxy) is 1. The second-order valence-corrected chi connectivity index (χ2v) is 12.8. The normalized spacial score (nSPS) is 12.3. The zero-order valence-electron chi connectivity index (χ0n) is 23.0. The molecule has 7 nitrogen and oxygen atoms in total. The highest BCUT2D eigenvalue weighted by Crippen LogP contribution is 2.37. The summed E-state index contributed by atoms with van der Waals surface area (Å²) in [5.74, 6) is 0. The highest BCUT2D eigenvalue weighted by Gasteiger charge is 2.23. The quantitative estimate of drug-likeness (QED) is 0.225. The lowest BCUT2D eigenvalue weighted by molar-refractivity contribution is 0.0528. The molecule has 0 radical (unpaired) electrons. The first-order valence-corrected chi connectivity index (χ1v) is 14.9. The van der Waals surface area contributed by atoms with Crippen molar-refractivity contribution in [2.45, 2.75) is 37.7 Å². The molecule has 0 spiro atoms. The van der Waals surface area contributed by atoms with Crippen LogP contribution in [0.2, 0.25) is 0 Å². The predicted octanol–water partition coefficient (Wildman–Crippen LogP) is 7.51. The molecule has 1 N–H and O–H groups in total. The molecule has 0 aliphatic carbocycles. The molecule has 41 heavy (non-hydrogen) atoms. The zero-order chi connectivity index (χ0) is 28.8. The Hall–Kier alpha value is -4.56. The molecule has 0 unspecified atom stereocenters. The third-order valence-electron chi connectivity index (χ3n) is 6.93. The second kappa shape index (κ2) is 10.1. The molecule has 0 saturated heterocycles. The van der Waals surface area contributed by atoms with Gasteiger partial charge in [0.1, 0.15) is 16.8 Å². The smallest absolute Gasteiger partial charge is 0.407 e. The summed E-state index contributed by atoms with van der Waals surface area (Å²) in [5.41, 5.74) is 4.13. The van der Waals surface area contributed by atoms with Crippen molar-refractivity contribution in [3.63, 3.8) is 0 Å². The maximum absolute atomic E-state index is 13.7. The van der Waals surface area contributed by atoms with Crippen LogP contribution in [-0.2, 0) is 21.2 Å². The fraction of sp³-hybridized carbons (Fsp3) is 0.182. The summed E-state index contributed by atoms with van der Waals surface area (Å²) < 4.78 is 40.3. The number of rotatable bonds is 6. The molecule has 6 rings (SSSR count). The third-order valence-corrected chi connectivity index (χ3v) is 8.62. The Morgan fingerprint density at radius 3 is 2.39 bits per heavy atom. The molecule has 2 aromatic heterocycles. The van der Waals surface area contributed by atoms with Crippen LogP contribution in [0.1, 0.15) is 26.3 Å². The van der Waals surface area contributed by atoms with E-state index in [1.807, 2.05) is 60.7 Å². The predicted molar refractivity (Wildman–Crippen MR) is 162 cm³/mol. The summed E-state index contributed by atoms with van der Waals surface area (Å²) in [5, 5.41) is 5.62. The van der Waals surface area contributed by atoms with Gasteiger partial charge in [0, 0.05) is 34.5 Å². The number of amides is 1. The minimum atomic E-state index is -3.85. The number of hydrogen-bond acceptors (Lipinski definition) is 5. The number of fused-ring (bicyclic) bond motifs is 4.